The van der Waals surface area contributed by atoms with E-state index in [-0.39, 0.29) is 29.8 Å². The van der Waals surface area contributed by atoms with Crippen LogP contribution in [-0.2, 0) is 14.6 Å². The van der Waals surface area contributed by atoms with Gasteiger partial charge >= 0.3 is 0 Å². The van der Waals surface area contributed by atoms with E-state index in [4.69, 9.17) is 0 Å². The van der Waals surface area contributed by atoms with Gasteiger partial charge < -0.3 is 5.32 Å². The zero-order valence-electron chi connectivity index (χ0n) is 9.87. The Hall–Kier alpha value is -0.420. The molecule has 1 fully saturated rings. The second-order valence-electron chi connectivity index (χ2n) is 4.31. The monoisotopic (exact) mass is 247 g/mol. The lowest BCUT2D eigenvalue weighted by molar-refractivity contribution is -0.120. The maximum Gasteiger partial charge on any atom is 0.150 e. The quantitative estimate of drug-likeness (QED) is 0.784. The summed E-state index contributed by atoms with van der Waals surface area (Å²) in [6, 6.07) is -0.116. The van der Waals surface area contributed by atoms with Crippen molar-refractivity contribution < 1.29 is 13.2 Å². The van der Waals surface area contributed by atoms with E-state index in [1.807, 2.05) is 0 Å². The average Bonchev–Trinajstić information content (AvgIpc) is 2.54. The number of hydrogen-bond donors (Lipinski definition) is 1. The molecule has 0 radical (unpaired) electrons. The van der Waals surface area contributed by atoms with Gasteiger partial charge in [0.15, 0.2) is 5.78 Å². The van der Waals surface area contributed by atoms with E-state index in [9.17, 15) is 13.2 Å². The summed E-state index contributed by atoms with van der Waals surface area (Å²) in [5.74, 6) is 0.178. The molecule has 16 heavy (non-hydrogen) atoms. The molecule has 1 atom stereocenters. The lowest BCUT2D eigenvalue weighted by atomic mass is 10.1. The zero-order valence-corrected chi connectivity index (χ0v) is 10.7. The molecule has 0 saturated carbocycles. The minimum absolute atomic E-state index is 0.000509. The Morgan fingerprint density at radius 3 is 2.75 bits per heavy atom. The van der Waals surface area contributed by atoms with Crippen LogP contribution in [-0.4, -0.2) is 38.3 Å². The predicted octanol–water partition coefficient (Wildman–Crippen LogP) is 0.912. The molecule has 0 amide bonds. The third-order valence-electron chi connectivity index (χ3n) is 3.05. The Bertz CT molecular complexity index is 316. The first-order valence-electron chi connectivity index (χ1n) is 6.01. The number of hydrogen-bond acceptors (Lipinski definition) is 4. The van der Waals surface area contributed by atoms with E-state index in [1.165, 1.54) is 0 Å². The summed E-state index contributed by atoms with van der Waals surface area (Å²) in [7, 11) is -3.01. The molecule has 0 bridgehead atoms. The Balaban J connectivity index is 2.39. The standard InChI is InChI=1S/C11H21NO3S/c1-2-16(14,15)9-7-11(13)10-6-4-3-5-8-12-10/h10,12H,2-9H2,1H3. The molecule has 1 saturated heterocycles. The number of sulfone groups is 1. The second-order valence-corrected chi connectivity index (χ2v) is 6.78. The number of carbonyl (C=O) groups is 1. The summed E-state index contributed by atoms with van der Waals surface area (Å²) in [4.78, 5) is 11.8. The van der Waals surface area contributed by atoms with Crippen LogP contribution in [0.1, 0.15) is 39.0 Å². The lowest BCUT2D eigenvalue weighted by Gasteiger charge is -2.13. The van der Waals surface area contributed by atoms with Crippen LogP contribution < -0.4 is 5.32 Å². The topological polar surface area (TPSA) is 63.2 Å². The van der Waals surface area contributed by atoms with Gasteiger partial charge in [0.1, 0.15) is 9.84 Å². The highest BCUT2D eigenvalue weighted by atomic mass is 32.2. The molecule has 0 aromatic rings. The summed E-state index contributed by atoms with van der Waals surface area (Å²) >= 11 is 0. The van der Waals surface area contributed by atoms with Crippen molar-refractivity contribution >= 4 is 15.6 Å². The Morgan fingerprint density at radius 1 is 1.31 bits per heavy atom. The highest BCUT2D eigenvalue weighted by Crippen LogP contribution is 2.10. The fraction of sp³-hybridized carbons (Fsp3) is 0.909. The van der Waals surface area contributed by atoms with Gasteiger partial charge in [-0.15, -0.1) is 0 Å². The lowest BCUT2D eigenvalue weighted by Crippen LogP contribution is -2.36. The van der Waals surface area contributed by atoms with Crippen molar-refractivity contribution in [1.82, 2.24) is 5.32 Å². The van der Waals surface area contributed by atoms with E-state index in [0.29, 0.717) is 0 Å². The van der Waals surface area contributed by atoms with E-state index in [2.05, 4.69) is 5.32 Å². The van der Waals surface area contributed by atoms with Gasteiger partial charge in [-0.1, -0.05) is 19.8 Å². The number of carbonyl (C=O) groups excluding carboxylic acids is 1. The maximum absolute atomic E-state index is 11.8. The first kappa shape index (κ1) is 13.6. The number of ketones is 1. The van der Waals surface area contributed by atoms with Gasteiger partial charge in [-0.25, -0.2) is 8.42 Å². The Labute approximate surface area is 97.7 Å². The molecular weight excluding hydrogens is 226 g/mol. The molecule has 0 aromatic carbocycles. The highest BCUT2D eigenvalue weighted by molar-refractivity contribution is 7.91. The van der Waals surface area contributed by atoms with Gasteiger partial charge in [0, 0.05) is 12.2 Å². The molecule has 1 aliphatic rings. The zero-order chi connectivity index (χ0) is 12.0. The summed E-state index contributed by atoms with van der Waals surface area (Å²) < 4.78 is 22.6. The first-order chi connectivity index (χ1) is 7.55. The second kappa shape index (κ2) is 6.35. The molecule has 0 spiro atoms. The van der Waals surface area contributed by atoms with Crippen LogP contribution >= 0.6 is 0 Å². The molecule has 1 rings (SSSR count). The normalized spacial score (nSPS) is 22.7. The van der Waals surface area contributed by atoms with Crippen LogP contribution in [0.4, 0.5) is 0 Å². The average molecular weight is 247 g/mol. The molecule has 1 unspecified atom stereocenters. The predicted molar refractivity (Wildman–Crippen MR) is 64.2 cm³/mol. The Morgan fingerprint density at radius 2 is 2.06 bits per heavy atom. The van der Waals surface area contributed by atoms with Gasteiger partial charge in [0.25, 0.3) is 0 Å². The van der Waals surface area contributed by atoms with E-state index in [0.717, 1.165) is 32.2 Å². The number of nitrogens with one attached hydrogen (secondary N) is 1. The van der Waals surface area contributed by atoms with Gasteiger partial charge in [-0.05, 0) is 19.4 Å². The molecular formula is C11H21NO3S. The minimum atomic E-state index is -3.01. The van der Waals surface area contributed by atoms with Crippen molar-refractivity contribution in [3.8, 4) is 0 Å². The van der Waals surface area contributed by atoms with Crippen LogP contribution in [0.2, 0.25) is 0 Å². The van der Waals surface area contributed by atoms with Crippen molar-refractivity contribution in [2.75, 3.05) is 18.1 Å². The SMILES string of the molecule is CCS(=O)(=O)CCC(=O)C1CCCCCN1. The van der Waals surface area contributed by atoms with Gasteiger partial charge in [0.05, 0.1) is 11.8 Å². The van der Waals surface area contributed by atoms with E-state index < -0.39 is 9.84 Å². The fourth-order valence-corrected chi connectivity index (χ4v) is 2.68. The summed E-state index contributed by atoms with van der Waals surface area (Å²) in [5.41, 5.74) is 0. The number of Topliss-reactive ketones (excluding diaryl/α,β-unsaturated/α-hetero) is 1. The third-order valence-corrected chi connectivity index (χ3v) is 4.75. The van der Waals surface area contributed by atoms with Gasteiger partial charge in [0.2, 0.25) is 0 Å². The summed E-state index contributed by atoms with van der Waals surface area (Å²) in [5, 5.41) is 3.19. The van der Waals surface area contributed by atoms with E-state index >= 15 is 0 Å². The molecule has 94 valence electrons. The summed E-state index contributed by atoms with van der Waals surface area (Å²) in [6.45, 7) is 2.49. The first-order valence-corrected chi connectivity index (χ1v) is 7.84. The number of rotatable bonds is 5. The largest absolute Gasteiger partial charge is 0.307 e. The highest BCUT2D eigenvalue weighted by Gasteiger charge is 2.20. The van der Waals surface area contributed by atoms with Crippen LogP contribution in [0.15, 0.2) is 0 Å². The van der Waals surface area contributed by atoms with Crippen molar-refractivity contribution in [1.29, 1.82) is 0 Å². The smallest absolute Gasteiger partial charge is 0.150 e. The summed E-state index contributed by atoms with van der Waals surface area (Å²) in [6.07, 6.45) is 4.34. The van der Waals surface area contributed by atoms with Crippen molar-refractivity contribution in [3.05, 3.63) is 0 Å². The van der Waals surface area contributed by atoms with Crippen LogP contribution in [0, 0.1) is 0 Å². The van der Waals surface area contributed by atoms with Gasteiger partial charge in [-0.3, -0.25) is 4.79 Å². The van der Waals surface area contributed by atoms with Crippen LogP contribution in [0.3, 0.4) is 0 Å². The van der Waals surface area contributed by atoms with Crippen molar-refractivity contribution in [2.45, 2.75) is 45.1 Å². The molecule has 1 aliphatic heterocycles. The van der Waals surface area contributed by atoms with Crippen LogP contribution in [0.25, 0.3) is 0 Å². The molecule has 4 nitrogen and oxygen atoms in total. The van der Waals surface area contributed by atoms with Crippen molar-refractivity contribution in [3.63, 3.8) is 0 Å². The molecule has 0 aromatic heterocycles. The molecule has 5 heteroatoms. The van der Waals surface area contributed by atoms with Gasteiger partial charge in [-0.2, -0.15) is 0 Å². The molecule has 0 aliphatic carbocycles. The Kier molecular flexibility index (Phi) is 5.41. The molecule has 1 N–H and O–H groups in total. The minimum Gasteiger partial charge on any atom is -0.307 e. The molecule has 1 heterocycles. The van der Waals surface area contributed by atoms with Crippen molar-refractivity contribution in [2.24, 2.45) is 0 Å². The third kappa shape index (κ3) is 4.61. The van der Waals surface area contributed by atoms with E-state index in [1.54, 1.807) is 6.92 Å². The van der Waals surface area contributed by atoms with Crippen LogP contribution in [0.5, 0.6) is 0 Å². The fourth-order valence-electron chi connectivity index (χ4n) is 1.88. The maximum atomic E-state index is 11.8.